The summed E-state index contributed by atoms with van der Waals surface area (Å²) < 4.78 is 10.6. The van der Waals surface area contributed by atoms with Crippen LogP contribution in [0.15, 0.2) is 22.7 Å². The van der Waals surface area contributed by atoms with Crippen molar-refractivity contribution in [2.24, 2.45) is 0 Å². The summed E-state index contributed by atoms with van der Waals surface area (Å²) >= 11 is 6.17. The van der Waals surface area contributed by atoms with E-state index in [2.05, 4.69) is 26.0 Å². The van der Waals surface area contributed by atoms with Gasteiger partial charge in [-0.3, -0.25) is 4.90 Å². The molecule has 2 aromatic rings. The van der Waals surface area contributed by atoms with E-state index < -0.39 is 0 Å². The SMILES string of the molecule is COC(C)c1noc(CN2CCCN(c3ccc(C#N)c(Cl)c3)CC2)n1. The Morgan fingerprint density at radius 3 is 2.92 bits per heavy atom. The van der Waals surface area contributed by atoms with Crippen molar-refractivity contribution in [3.05, 3.63) is 40.5 Å². The first-order chi connectivity index (χ1) is 12.6. The van der Waals surface area contributed by atoms with Crippen LogP contribution in [0.4, 0.5) is 5.69 Å². The third-order valence-electron chi connectivity index (χ3n) is 4.59. The van der Waals surface area contributed by atoms with Crippen molar-refractivity contribution in [1.29, 1.82) is 5.26 Å². The second-order valence-corrected chi connectivity index (χ2v) is 6.72. The Morgan fingerprint density at radius 2 is 2.19 bits per heavy atom. The van der Waals surface area contributed by atoms with E-state index in [4.69, 9.17) is 26.1 Å². The number of rotatable bonds is 5. The zero-order valence-electron chi connectivity index (χ0n) is 15.0. The zero-order valence-corrected chi connectivity index (χ0v) is 15.7. The molecule has 0 amide bonds. The van der Waals surface area contributed by atoms with E-state index in [1.807, 2.05) is 19.1 Å². The number of aromatic nitrogens is 2. The number of nitriles is 1. The maximum Gasteiger partial charge on any atom is 0.240 e. The zero-order chi connectivity index (χ0) is 18.5. The quantitative estimate of drug-likeness (QED) is 0.794. The van der Waals surface area contributed by atoms with Crippen LogP contribution in [-0.4, -0.2) is 48.3 Å². The molecule has 0 N–H and O–H groups in total. The van der Waals surface area contributed by atoms with Gasteiger partial charge in [0.1, 0.15) is 12.2 Å². The normalized spacial score (nSPS) is 16.9. The lowest BCUT2D eigenvalue weighted by molar-refractivity contribution is 0.109. The highest BCUT2D eigenvalue weighted by atomic mass is 35.5. The Morgan fingerprint density at radius 1 is 1.35 bits per heavy atom. The highest BCUT2D eigenvalue weighted by Gasteiger charge is 2.19. The fourth-order valence-corrected chi connectivity index (χ4v) is 3.19. The molecular weight excluding hydrogens is 354 g/mol. The second-order valence-electron chi connectivity index (χ2n) is 6.32. The molecule has 0 radical (unpaired) electrons. The van der Waals surface area contributed by atoms with Crippen LogP contribution in [0.5, 0.6) is 0 Å². The highest BCUT2D eigenvalue weighted by Crippen LogP contribution is 2.24. The molecule has 0 aliphatic carbocycles. The molecule has 1 aliphatic rings. The van der Waals surface area contributed by atoms with Crippen molar-refractivity contribution in [1.82, 2.24) is 15.0 Å². The van der Waals surface area contributed by atoms with E-state index in [1.165, 1.54) is 0 Å². The minimum atomic E-state index is -0.173. The van der Waals surface area contributed by atoms with Crippen LogP contribution >= 0.6 is 11.6 Å². The third kappa shape index (κ3) is 4.33. The third-order valence-corrected chi connectivity index (χ3v) is 4.90. The molecule has 2 heterocycles. The van der Waals surface area contributed by atoms with Crippen LogP contribution in [0.25, 0.3) is 0 Å². The van der Waals surface area contributed by atoms with Gasteiger partial charge in [-0.2, -0.15) is 10.2 Å². The molecule has 0 bridgehead atoms. The number of benzene rings is 1. The maximum atomic E-state index is 9.01. The molecule has 1 aromatic heterocycles. The summed E-state index contributed by atoms with van der Waals surface area (Å²) in [7, 11) is 1.62. The first kappa shape index (κ1) is 18.6. The Balaban J connectivity index is 1.60. The van der Waals surface area contributed by atoms with Gasteiger partial charge in [0.25, 0.3) is 0 Å². The van der Waals surface area contributed by atoms with Crippen LogP contribution in [0.1, 0.15) is 36.7 Å². The molecule has 0 saturated carbocycles. The molecule has 1 fully saturated rings. The molecule has 8 heteroatoms. The molecule has 138 valence electrons. The first-order valence-corrected chi connectivity index (χ1v) is 9.00. The van der Waals surface area contributed by atoms with Gasteiger partial charge < -0.3 is 14.2 Å². The summed E-state index contributed by atoms with van der Waals surface area (Å²) in [6, 6.07) is 7.69. The van der Waals surface area contributed by atoms with E-state index in [-0.39, 0.29) is 6.10 Å². The van der Waals surface area contributed by atoms with E-state index in [9.17, 15) is 0 Å². The number of hydrogen-bond donors (Lipinski definition) is 0. The predicted molar refractivity (Wildman–Crippen MR) is 98.0 cm³/mol. The van der Waals surface area contributed by atoms with Gasteiger partial charge in [0.2, 0.25) is 5.89 Å². The molecular formula is C18H22ClN5O2. The van der Waals surface area contributed by atoms with Gasteiger partial charge in [0.05, 0.1) is 17.1 Å². The number of methoxy groups -OCH3 is 1. The number of ether oxygens (including phenoxy) is 1. The number of anilines is 1. The lowest BCUT2D eigenvalue weighted by atomic mass is 10.2. The molecule has 1 atom stereocenters. The summed E-state index contributed by atoms with van der Waals surface area (Å²) in [6.45, 7) is 6.17. The van der Waals surface area contributed by atoms with Gasteiger partial charge in [-0.25, -0.2) is 0 Å². The van der Waals surface area contributed by atoms with Gasteiger partial charge in [-0.05, 0) is 31.5 Å². The van der Waals surface area contributed by atoms with Gasteiger partial charge in [-0.15, -0.1) is 0 Å². The first-order valence-electron chi connectivity index (χ1n) is 8.63. The van der Waals surface area contributed by atoms with Crippen LogP contribution in [-0.2, 0) is 11.3 Å². The summed E-state index contributed by atoms with van der Waals surface area (Å²) in [6.07, 6.45) is 0.848. The molecule has 1 unspecified atom stereocenters. The Hall–Kier alpha value is -2.14. The molecule has 1 aromatic carbocycles. The highest BCUT2D eigenvalue weighted by molar-refractivity contribution is 6.32. The standard InChI is InChI=1S/C18H22ClN5O2/c1-13(25-2)18-21-17(26-22-18)12-23-6-3-7-24(9-8-23)15-5-4-14(11-20)16(19)10-15/h4-5,10,13H,3,6-9,12H2,1-2H3. The number of hydrogen-bond acceptors (Lipinski definition) is 7. The minimum absolute atomic E-state index is 0.173. The second kappa shape index (κ2) is 8.49. The molecule has 1 aliphatic heterocycles. The van der Waals surface area contributed by atoms with Crippen LogP contribution in [0.2, 0.25) is 5.02 Å². The van der Waals surface area contributed by atoms with E-state index in [0.717, 1.165) is 38.3 Å². The smallest absolute Gasteiger partial charge is 0.240 e. The van der Waals surface area contributed by atoms with Crippen molar-refractivity contribution in [3.63, 3.8) is 0 Å². The Labute approximate surface area is 158 Å². The van der Waals surface area contributed by atoms with E-state index in [0.29, 0.717) is 28.8 Å². The van der Waals surface area contributed by atoms with Crippen molar-refractivity contribution < 1.29 is 9.26 Å². The Bertz CT molecular complexity index is 788. The molecule has 3 rings (SSSR count). The van der Waals surface area contributed by atoms with Crippen LogP contribution in [0, 0.1) is 11.3 Å². The lowest BCUT2D eigenvalue weighted by Gasteiger charge is -2.23. The van der Waals surface area contributed by atoms with Crippen molar-refractivity contribution in [2.45, 2.75) is 26.0 Å². The number of halogens is 1. The fourth-order valence-electron chi connectivity index (χ4n) is 2.97. The average Bonchev–Trinajstić information content (AvgIpc) is 2.99. The average molecular weight is 376 g/mol. The van der Waals surface area contributed by atoms with Crippen LogP contribution in [0.3, 0.4) is 0 Å². The van der Waals surface area contributed by atoms with Gasteiger partial charge >= 0.3 is 0 Å². The van der Waals surface area contributed by atoms with Gasteiger partial charge in [0.15, 0.2) is 5.82 Å². The monoisotopic (exact) mass is 375 g/mol. The summed E-state index contributed by atoms with van der Waals surface area (Å²) in [5.41, 5.74) is 1.55. The predicted octanol–water partition coefficient (Wildman–Crippen LogP) is 3.01. The molecule has 26 heavy (non-hydrogen) atoms. The van der Waals surface area contributed by atoms with E-state index >= 15 is 0 Å². The van der Waals surface area contributed by atoms with Gasteiger partial charge in [-0.1, -0.05) is 16.8 Å². The van der Waals surface area contributed by atoms with Gasteiger partial charge in [0, 0.05) is 39.0 Å². The van der Waals surface area contributed by atoms with Crippen molar-refractivity contribution >= 4 is 17.3 Å². The summed E-state index contributed by atoms with van der Waals surface area (Å²) in [5.74, 6) is 1.19. The van der Waals surface area contributed by atoms with Crippen LogP contribution < -0.4 is 4.90 Å². The number of nitrogens with zero attached hydrogens (tertiary/aromatic N) is 5. The molecule has 7 nitrogen and oxygen atoms in total. The van der Waals surface area contributed by atoms with Crippen molar-refractivity contribution in [3.8, 4) is 6.07 Å². The largest absolute Gasteiger partial charge is 0.374 e. The molecule has 1 saturated heterocycles. The maximum absolute atomic E-state index is 9.01. The summed E-state index contributed by atoms with van der Waals surface area (Å²) in [4.78, 5) is 9.00. The minimum Gasteiger partial charge on any atom is -0.374 e. The Kier molecular flexibility index (Phi) is 6.09. The lowest BCUT2D eigenvalue weighted by Crippen LogP contribution is -2.30. The topological polar surface area (TPSA) is 78.4 Å². The fraction of sp³-hybridized carbons (Fsp3) is 0.500. The summed E-state index contributed by atoms with van der Waals surface area (Å²) in [5, 5.41) is 13.5. The van der Waals surface area contributed by atoms with Crippen molar-refractivity contribution in [2.75, 3.05) is 38.2 Å². The molecule has 0 spiro atoms. The van der Waals surface area contributed by atoms with E-state index in [1.54, 1.807) is 13.2 Å².